The Hall–Kier alpha value is -1.17. The highest BCUT2D eigenvalue weighted by Gasteiger charge is 2.32. The van der Waals surface area contributed by atoms with Gasteiger partial charge in [-0.2, -0.15) is 18.3 Å². The Morgan fingerprint density at radius 2 is 2.00 bits per heavy atom. The zero-order chi connectivity index (χ0) is 11.5. The predicted octanol–water partition coefficient (Wildman–Crippen LogP) is 2.17. The maximum absolute atomic E-state index is 12.2. The van der Waals surface area contributed by atoms with Crippen LogP contribution in [0.15, 0.2) is 12.1 Å². The molecule has 0 radical (unpaired) electrons. The van der Waals surface area contributed by atoms with Crippen LogP contribution in [-0.2, 0) is 6.18 Å². The van der Waals surface area contributed by atoms with E-state index >= 15 is 0 Å². The third-order valence-corrected chi connectivity index (χ3v) is 1.93. The van der Waals surface area contributed by atoms with Crippen molar-refractivity contribution in [3.05, 3.63) is 23.5 Å². The summed E-state index contributed by atoms with van der Waals surface area (Å²) in [7, 11) is 0. The van der Waals surface area contributed by atoms with Crippen molar-refractivity contribution in [3.63, 3.8) is 0 Å². The second-order valence-electron chi connectivity index (χ2n) is 3.12. The van der Waals surface area contributed by atoms with Gasteiger partial charge >= 0.3 is 6.18 Å². The zero-order valence-corrected chi connectivity index (χ0v) is 8.47. The van der Waals surface area contributed by atoms with Crippen LogP contribution in [0.3, 0.4) is 0 Å². The van der Waals surface area contributed by atoms with Gasteiger partial charge in [0.25, 0.3) is 0 Å². The Labute approximate surface area is 85.7 Å². The minimum atomic E-state index is -4.42. The number of hydrogen-bond donors (Lipinski definition) is 1. The van der Waals surface area contributed by atoms with Gasteiger partial charge in [0.15, 0.2) is 5.69 Å². The molecule has 0 aliphatic heterocycles. The van der Waals surface area contributed by atoms with E-state index in [0.717, 1.165) is 12.6 Å². The normalized spacial score (nSPS) is 13.9. The summed E-state index contributed by atoms with van der Waals surface area (Å²) < 4.78 is 36.5. The maximum Gasteiger partial charge on any atom is 0.435 e. The Balaban J connectivity index is 2.81. The number of alkyl halides is 3. The van der Waals surface area contributed by atoms with Crippen molar-refractivity contribution >= 4 is 0 Å². The smallest absolute Gasteiger partial charge is 0.309 e. The van der Waals surface area contributed by atoms with E-state index in [1.54, 1.807) is 0 Å². The lowest BCUT2D eigenvalue weighted by molar-refractivity contribution is -0.141. The summed E-state index contributed by atoms with van der Waals surface area (Å²) in [5.41, 5.74) is -0.459. The highest BCUT2D eigenvalue weighted by Crippen LogP contribution is 2.27. The second-order valence-corrected chi connectivity index (χ2v) is 3.12. The average molecular weight is 219 g/mol. The molecule has 0 unspecified atom stereocenters. The zero-order valence-electron chi connectivity index (χ0n) is 8.47. The van der Waals surface area contributed by atoms with Crippen LogP contribution in [0.2, 0.25) is 0 Å². The highest BCUT2D eigenvalue weighted by atomic mass is 19.4. The molecule has 1 rings (SSSR count). The van der Waals surface area contributed by atoms with Crippen LogP contribution in [0.25, 0.3) is 0 Å². The highest BCUT2D eigenvalue weighted by molar-refractivity contribution is 5.11. The third-order valence-electron chi connectivity index (χ3n) is 1.93. The molecule has 1 N–H and O–H groups in total. The molecule has 0 amide bonds. The van der Waals surface area contributed by atoms with Gasteiger partial charge in [0.1, 0.15) is 0 Å². The topological polar surface area (TPSA) is 37.8 Å². The number of nitrogens with one attached hydrogen (secondary N) is 1. The Morgan fingerprint density at radius 3 is 2.40 bits per heavy atom. The van der Waals surface area contributed by atoms with Crippen molar-refractivity contribution < 1.29 is 13.2 Å². The van der Waals surface area contributed by atoms with Gasteiger partial charge in [-0.3, -0.25) is 0 Å². The van der Waals surface area contributed by atoms with Gasteiger partial charge in [-0.1, -0.05) is 6.92 Å². The Bertz CT molecular complexity index is 307. The van der Waals surface area contributed by atoms with Crippen LogP contribution in [0.1, 0.15) is 31.3 Å². The van der Waals surface area contributed by atoms with Crippen LogP contribution in [0.5, 0.6) is 0 Å². The lowest BCUT2D eigenvalue weighted by atomic mass is 10.2. The van der Waals surface area contributed by atoms with Gasteiger partial charge in [0, 0.05) is 6.04 Å². The second kappa shape index (κ2) is 4.57. The number of aromatic nitrogens is 2. The van der Waals surface area contributed by atoms with Crippen molar-refractivity contribution in [1.82, 2.24) is 15.5 Å². The summed E-state index contributed by atoms with van der Waals surface area (Å²) >= 11 is 0. The monoisotopic (exact) mass is 219 g/mol. The lowest BCUT2D eigenvalue weighted by Crippen LogP contribution is -2.20. The van der Waals surface area contributed by atoms with Crippen molar-refractivity contribution in [2.45, 2.75) is 26.1 Å². The first-order valence-electron chi connectivity index (χ1n) is 4.59. The molecular formula is C9H12F3N3. The minimum absolute atomic E-state index is 0.0928. The van der Waals surface area contributed by atoms with Gasteiger partial charge in [-0.15, -0.1) is 5.10 Å². The van der Waals surface area contributed by atoms with Gasteiger partial charge in [-0.05, 0) is 25.6 Å². The van der Waals surface area contributed by atoms with E-state index in [1.165, 1.54) is 6.07 Å². The number of nitrogens with zero attached hydrogens (tertiary/aromatic N) is 2. The third kappa shape index (κ3) is 3.16. The molecule has 0 aliphatic carbocycles. The van der Waals surface area contributed by atoms with E-state index in [4.69, 9.17) is 0 Å². The standard InChI is InChI=1S/C9H12F3N3/c1-3-13-6(2)7-4-5-8(15-14-7)9(10,11)12/h4-6,13H,3H2,1-2H3/t6-/m1/s1. The SMILES string of the molecule is CCN[C@H](C)c1ccc(C(F)(F)F)nn1. The summed E-state index contributed by atoms with van der Waals surface area (Å²) in [6.07, 6.45) is -4.42. The molecule has 84 valence electrons. The molecule has 0 spiro atoms. The fourth-order valence-corrected chi connectivity index (χ4v) is 1.14. The molecule has 0 fully saturated rings. The molecule has 1 heterocycles. The molecule has 1 aromatic heterocycles. The molecule has 15 heavy (non-hydrogen) atoms. The molecule has 0 aromatic carbocycles. The van der Waals surface area contributed by atoms with Crippen LogP contribution in [-0.4, -0.2) is 16.7 Å². The fraction of sp³-hybridized carbons (Fsp3) is 0.556. The first-order chi connectivity index (χ1) is 6.95. The van der Waals surface area contributed by atoms with Gasteiger partial charge in [-0.25, -0.2) is 0 Å². The number of hydrogen-bond acceptors (Lipinski definition) is 3. The number of rotatable bonds is 3. The first kappa shape index (κ1) is 11.9. The van der Waals surface area contributed by atoms with E-state index in [1.807, 2.05) is 13.8 Å². The first-order valence-corrected chi connectivity index (χ1v) is 4.59. The van der Waals surface area contributed by atoms with Gasteiger partial charge in [0.05, 0.1) is 5.69 Å². The number of halogens is 3. The lowest BCUT2D eigenvalue weighted by Gasteiger charge is -2.11. The summed E-state index contributed by atoms with van der Waals surface area (Å²) in [5.74, 6) is 0. The van der Waals surface area contributed by atoms with Crippen LogP contribution in [0.4, 0.5) is 13.2 Å². The summed E-state index contributed by atoms with van der Waals surface area (Å²) in [4.78, 5) is 0. The van der Waals surface area contributed by atoms with E-state index in [2.05, 4.69) is 15.5 Å². The molecule has 0 bridgehead atoms. The molecule has 1 atom stereocenters. The minimum Gasteiger partial charge on any atom is -0.309 e. The van der Waals surface area contributed by atoms with Crippen molar-refractivity contribution in [2.24, 2.45) is 0 Å². The molecule has 0 saturated heterocycles. The van der Waals surface area contributed by atoms with Crippen molar-refractivity contribution in [1.29, 1.82) is 0 Å². The predicted molar refractivity (Wildman–Crippen MR) is 49.1 cm³/mol. The summed E-state index contributed by atoms with van der Waals surface area (Å²) in [6, 6.07) is 2.18. The van der Waals surface area contributed by atoms with E-state index in [0.29, 0.717) is 5.69 Å². The summed E-state index contributed by atoms with van der Waals surface area (Å²) in [5, 5.41) is 9.71. The van der Waals surface area contributed by atoms with Crippen LogP contribution < -0.4 is 5.32 Å². The maximum atomic E-state index is 12.2. The summed E-state index contributed by atoms with van der Waals surface area (Å²) in [6.45, 7) is 4.46. The average Bonchev–Trinajstić information content (AvgIpc) is 2.17. The molecule has 3 nitrogen and oxygen atoms in total. The van der Waals surface area contributed by atoms with E-state index in [9.17, 15) is 13.2 Å². The van der Waals surface area contributed by atoms with Crippen LogP contribution >= 0.6 is 0 Å². The molecule has 1 aromatic rings. The molecule has 6 heteroatoms. The largest absolute Gasteiger partial charge is 0.435 e. The molecule has 0 saturated carbocycles. The van der Waals surface area contributed by atoms with E-state index in [-0.39, 0.29) is 6.04 Å². The fourth-order valence-electron chi connectivity index (χ4n) is 1.14. The molecular weight excluding hydrogens is 207 g/mol. The van der Waals surface area contributed by atoms with Gasteiger partial charge < -0.3 is 5.32 Å². The van der Waals surface area contributed by atoms with Crippen molar-refractivity contribution in [2.75, 3.05) is 6.54 Å². The van der Waals surface area contributed by atoms with Gasteiger partial charge in [0.2, 0.25) is 0 Å². The molecule has 0 aliphatic rings. The van der Waals surface area contributed by atoms with Crippen molar-refractivity contribution in [3.8, 4) is 0 Å². The van der Waals surface area contributed by atoms with Crippen LogP contribution in [0, 0.1) is 0 Å². The Morgan fingerprint density at radius 1 is 1.33 bits per heavy atom. The Kier molecular flexibility index (Phi) is 3.62. The quantitative estimate of drug-likeness (QED) is 0.846. The van der Waals surface area contributed by atoms with E-state index < -0.39 is 11.9 Å².